The first-order valence-corrected chi connectivity index (χ1v) is 7.96. The third-order valence-electron chi connectivity index (χ3n) is 4.02. The lowest BCUT2D eigenvalue weighted by molar-refractivity contribution is -0.135. The van der Waals surface area contributed by atoms with Gasteiger partial charge in [0.2, 0.25) is 5.91 Å². The van der Waals surface area contributed by atoms with Gasteiger partial charge in [-0.1, -0.05) is 13.8 Å². The van der Waals surface area contributed by atoms with Gasteiger partial charge >= 0.3 is 6.09 Å². The number of fused-ring (bicyclic) bond motifs is 2. The molecular weight excluding hydrogens is 268 g/mol. The number of piperazine rings is 1. The van der Waals surface area contributed by atoms with E-state index in [1.165, 1.54) is 0 Å². The van der Waals surface area contributed by atoms with Crippen LogP contribution in [0.1, 0.15) is 53.9 Å². The number of hydrogen-bond acceptors (Lipinski definition) is 3. The van der Waals surface area contributed by atoms with Crippen molar-refractivity contribution in [2.24, 2.45) is 5.92 Å². The Labute approximate surface area is 127 Å². The van der Waals surface area contributed by atoms with E-state index in [4.69, 9.17) is 4.74 Å². The maximum absolute atomic E-state index is 12.3. The van der Waals surface area contributed by atoms with Crippen LogP contribution in [0.15, 0.2) is 0 Å². The molecule has 5 heteroatoms. The van der Waals surface area contributed by atoms with Crippen molar-refractivity contribution >= 4 is 12.0 Å². The summed E-state index contributed by atoms with van der Waals surface area (Å²) in [5.74, 6) is 0.588. The largest absolute Gasteiger partial charge is 0.444 e. The molecule has 2 saturated heterocycles. The summed E-state index contributed by atoms with van der Waals surface area (Å²) in [6, 6.07) is 0.240. The van der Waals surface area contributed by atoms with Gasteiger partial charge in [0, 0.05) is 19.5 Å². The van der Waals surface area contributed by atoms with Gasteiger partial charge in [-0.2, -0.15) is 0 Å². The second-order valence-electron chi connectivity index (χ2n) is 7.67. The first-order valence-electron chi connectivity index (χ1n) is 7.96. The minimum absolute atomic E-state index is 0.120. The van der Waals surface area contributed by atoms with E-state index < -0.39 is 5.60 Å². The monoisotopic (exact) mass is 296 g/mol. The zero-order valence-electron chi connectivity index (χ0n) is 13.9. The molecular formula is C16H28N2O3. The summed E-state index contributed by atoms with van der Waals surface area (Å²) in [4.78, 5) is 28.4. The molecule has 0 N–H and O–H groups in total. The fourth-order valence-corrected chi connectivity index (χ4v) is 3.20. The average Bonchev–Trinajstić information content (AvgIpc) is 2.57. The second-order valence-corrected chi connectivity index (χ2v) is 7.67. The molecule has 2 atom stereocenters. The quantitative estimate of drug-likeness (QED) is 0.787. The molecule has 0 aliphatic carbocycles. The number of rotatable bonds is 2. The number of ether oxygens (including phenoxy) is 1. The minimum Gasteiger partial charge on any atom is -0.444 e. The van der Waals surface area contributed by atoms with Gasteiger partial charge in [-0.15, -0.1) is 0 Å². The van der Waals surface area contributed by atoms with Crippen LogP contribution >= 0.6 is 0 Å². The van der Waals surface area contributed by atoms with E-state index in [1.54, 1.807) is 0 Å². The van der Waals surface area contributed by atoms with Crippen LogP contribution in [-0.4, -0.2) is 52.6 Å². The molecule has 0 aromatic carbocycles. The number of nitrogens with zero attached hydrogens (tertiary/aromatic N) is 2. The third kappa shape index (κ3) is 3.89. The van der Waals surface area contributed by atoms with E-state index in [0.29, 0.717) is 25.4 Å². The highest BCUT2D eigenvalue weighted by Crippen LogP contribution is 2.32. The number of carbonyl (C=O) groups is 2. The minimum atomic E-state index is -0.471. The van der Waals surface area contributed by atoms with Crippen LogP contribution in [0.2, 0.25) is 0 Å². The summed E-state index contributed by atoms with van der Waals surface area (Å²) in [7, 11) is 0. The Morgan fingerprint density at radius 2 is 1.67 bits per heavy atom. The molecule has 0 radical (unpaired) electrons. The van der Waals surface area contributed by atoms with E-state index in [9.17, 15) is 9.59 Å². The van der Waals surface area contributed by atoms with Gasteiger partial charge in [0.1, 0.15) is 5.60 Å². The van der Waals surface area contributed by atoms with Crippen LogP contribution in [0.4, 0.5) is 4.79 Å². The summed E-state index contributed by atoms with van der Waals surface area (Å²) in [5.41, 5.74) is -0.471. The molecule has 2 rings (SSSR count). The fourth-order valence-electron chi connectivity index (χ4n) is 3.20. The Morgan fingerprint density at radius 3 is 2.10 bits per heavy atom. The van der Waals surface area contributed by atoms with E-state index in [-0.39, 0.29) is 24.1 Å². The van der Waals surface area contributed by atoms with Crippen LogP contribution < -0.4 is 0 Å². The van der Waals surface area contributed by atoms with Gasteiger partial charge in [0.25, 0.3) is 0 Å². The molecule has 120 valence electrons. The molecule has 0 spiro atoms. The highest BCUT2D eigenvalue weighted by molar-refractivity contribution is 5.77. The Hall–Kier alpha value is -1.26. The van der Waals surface area contributed by atoms with E-state index in [0.717, 1.165) is 12.8 Å². The lowest BCUT2D eigenvalue weighted by Gasteiger charge is -2.41. The molecule has 2 heterocycles. The number of carbonyl (C=O) groups excluding carboxylic acids is 2. The van der Waals surface area contributed by atoms with E-state index >= 15 is 0 Å². The summed E-state index contributed by atoms with van der Waals surface area (Å²) >= 11 is 0. The number of amides is 2. The number of likely N-dealkylation sites (tertiary alicyclic amines) is 1. The zero-order valence-corrected chi connectivity index (χ0v) is 13.9. The Balaban J connectivity index is 1.99. The van der Waals surface area contributed by atoms with Crippen molar-refractivity contribution in [3.8, 4) is 0 Å². The topological polar surface area (TPSA) is 49.9 Å². The predicted molar refractivity (Wildman–Crippen MR) is 80.9 cm³/mol. The van der Waals surface area contributed by atoms with Crippen molar-refractivity contribution in [3.05, 3.63) is 0 Å². The molecule has 0 aromatic rings. The molecule has 2 aliphatic rings. The molecule has 0 saturated carbocycles. The van der Waals surface area contributed by atoms with Gasteiger partial charge in [-0.25, -0.2) is 4.79 Å². The van der Waals surface area contributed by atoms with Gasteiger partial charge in [0.05, 0.1) is 12.1 Å². The lowest BCUT2D eigenvalue weighted by Crippen LogP contribution is -2.58. The zero-order chi connectivity index (χ0) is 15.8. The molecule has 0 aromatic heterocycles. The summed E-state index contributed by atoms with van der Waals surface area (Å²) in [6.07, 6.45) is 2.29. The van der Waals surface area contributed by atoms with Gasteiger partial charge < -0.3 is 9.64 Å². The van der Waals surface area contributed by atoms with Gasteiger partial charge in [-0.3, -0.25) is 9.69 Å². The Bertz CT molecular complexity index is 400. The van der Waals surface area contributed by atoms with Crippen molar-refractivity contribution in [3.63, 3.8) is 0 Å². The molecule has 2 amide bonds. The predicted octanol–water partition coefficient (Wildman–Crippen LogP) is 2.64. The van der Waals surface area contributed by atoms with Gasteiger partial charge in [-0.05, 0) is 39.5 Å². The number of hydrogen-bond donors (Lipinski definition) is 0. The third-order valence-corrected chi connectivity index (χ3v) is 4.02. The van der Waals surface area contributed by atoms with Crippen LogP contribution in [0.25, 0.3) is 0 Å². The van der Waals surface area contributed by atoms with Crippen molar-refractivity contribution < 1.29 is 14.3 Å². The summed E-state index contributed by atoms with van der Waals surface area (Å²) < 4.78 is 5.50. The normalized spacial score (nSPS) is 25.4. The van der Waals surface area contributed by atoms with E-state index in [2.05, 4.69) is 13.8 Å². The first kappa shape index (κ1) is 16.1. The highest BCUT2D eigenvalue weighted by atomic mass is 16.6. The fraction of sp³-hybridized carbons (Fsp3) is 0.875. The second kappa shape index (κ2) is 5.85. The highest BCUT2D eigenvalue weighted by Gasteiger charge is 2.45. The molecule has 2 bridgehead atoms. The van der Waals surface area contributed by atoms with Crippen molar-refractivity contribution in [1.82, 2.24) is 9.80 Å². The van der Waals surface area contributed by atoms with Crippen molar-refractivity contribution in [1.29, 1.82) is 0 Å². The Morgan fingerprint density at radius 1 is 1.14 bits per heavy atom. The molecule has 2 unspecified atom stereocenters. The molecule has 2 fully saturated rings. The van der Waals surface area contributed by atoms with Crippen LogP contribution in [0.3, 0.4) is 0 Å². The van der Waals surface area contributed by atoms with Gasteiger partial charge in [0.15, 0.2) is 0 Å². The first-order chi connectivity index (χ1) is 9.67. The summed E-state index contributed by atoms with van der Waals surface area (Å²) in [5, 5.41) is 0. The molecule has 2 aliphatic heterocycles. The average molecular weight is 296 g/mol. The standard InChI is InChI=1S/C16H28N2O3/c1-11(2)8-14(19)17-9-12-6-7-13(10-17)18(12)15(20)21-16(3,4)5/h11-13H,6-10H2,1-5H3. The molecule has 5 nitrogen and oxygen atoms in total. The Kier molecular flexibility index (Phi) is 4.49. The van der Waals surface area contributed by atoms with Crippen molar-refractivity contribution in [2.45, 2.75) is 71.6 Å². The maximum Gasteiger partial charge on any atom is 0.410 e. The van der Waals surface area contributed by atoms with Crippen LogP contribution in [0.5, 0.6) is 0 Å². The van der Waals surface area contributed by atoms with E-state index in [1.807, 2.05) is 30.6 Å². The SMILES string of the molecule is CC(C)CC(=O)N1CC2CCC(C1)N2C(=O)OC(C)(C)C. The lowest BCUT2D eigenvalue weighted by atomic mass is 10.1. The van der Waals surface area contributed by atoms with Crippen molar-refractivity contribution in [2.75, 3.05) is 13.1 Å². The van der Waals surface area contributed by atoms with Crippen LogP contribution in [0, 0.1) is 5.92 Å². The maximum atomic E-state index is 12.3. The smallest absolute Gasteiger partial charge is 0.410 e. The molecule has 21 heavy (non-hydrogen) atoms. The van der Waals surface area contributed by atoms with Crippen LogP contribution in [-0.2, 0) is 9.53 Å². The summed E-state index contributed by atoms with van der Waals surface area (Å²) in [6.45, 7) is 11.1.